The van der Waals surface area contributed by atoms with Crippen molar-refractivity contribution in [3.05, 3.63) is 24.3 Å². The number of phosphoric acid groups is 1. The van der Waals surface area contributed by atoms with E-state index in [2.05, 4.69) is 31.3 Å². The Hall–Kier alpha value is -1.02. The van der Waals surface area contributed by atoms with E-state index in [1.54, 1.807) is 6.08 Å². The molecule has 0 aliphatic rings. The first-order chi connectivity index (χ1) is 26.5. The Bertz CT molecular complexity index is 953. The second kappa shape index (κ2) is 38.5. The van der Waals surface area contributed by atoms with E-state index in [4.69, 9.17) is 9.05 Å². The summed E-state index contributed by atoms with van der Waals surface area (Å²) in [5.74, 6) is -0.181. The lowest BCUT2D eigenvalue weighted by Gasteiger charge is -2.25. The first-order valence-electron chi connectivity index (χ1n) is 23.2. The van der Waals surface area contributed by atoms with Crippen molar-refractivity contribution < 1.29 is 32.9 Å². The molecule has 0 aromatic heterocycles. The van der Waals surface area contributed by atoms with Crippen molar-refractivity contribution >= 4 is 13.7 Å². The number of hydrogen-bond donors (Lipinski definition) is 3. The van der Waals surface area contributed by atoms with Gasteiger partial charge in [0.1, 0.15) is 13.2 Å². The third-order valence-corrected chi connectivity index (χ3v) is 11.4. The van der Waals surface area contributed by atoms with Crippen molar-refractivity contribution in [2.45, 2.75) is 225 Å². The molecule has 0 saturated carbocycles. The largest absolute Gasteiger partial charge is 0.472 e. The van der Waals surface area contributed by atoms with Crippen LogP contribution >= 0.6 is 7.82 Å². The predicted octanol–water partition coefficient (Wildman–Crippen LogP) is 12.9. The van der Waals surface area contributed by atoms with Gasteiger partial charge in [0.2, 0.25) is 5.91 Å². The summed E-state index contributed by atoms with van der Waals surface area (Å²) >= 11 is 0. The van der Waals surface area contributed by atoms with Gasteiger partial charge >= 0.3 is 7.82 Å². The summed E-state index contributed by atoms with van der Waals surface area (Å²) in [5, 5.41) is 13.8. The number of quaternary nitrogens is 1. The van der Waals surface area contributed by atoms with Crippen LogP contribution in [0.2, 0.25) is 0 Å². The van der Waals surface area contributed by atoms with E-state index < -0.39 is 20.0 Å². The van der Waals surface area contributed by atoms with E-state index in [0.29, 0.717) is 17.4 Å². The molecule has 0 aliphatic carbocycles. The van der Waals surface area contributed by atoms with Crippen molar-refractivity contribution in [3.63, 3.8) is 0 Å². The molecule has 3 N–H and O–H groups in total. The van der Waals surface area contributed by atoms with Crippen LogP contribution in [0.5, 0.6) is 0 Å². The summed E-state index contributed by atoms with van der Waals surface area (Å²) in [4.78, 5) is 23.1. The quantitative estimate of drug-likeness (QED) is 0.0246. The fourth-order valence-corrected chi connectivity index (χ4v) is 7.42. The van der Waals surface area contributed by atoms with Crippen LogP contribution in [0.1, 0.15) is 213 Å². The average Bonchev–Trinajstić information content (AvgIpc) is 3.13. The molecule has 0 aliphatic heterocycles. The van der Waals surface area contributed by atoms with E-state index in [1.165, 1.54) is 154 Å². The lowest BCUT2D eigenvalue weighted by atomic mass is 10.0. The van der Waals surface area contributed by atoms with Gasteiger partial charge in [-0.15, -0.1) is 0 Å². The average molecular weight is 800 g/mol. The van der Waals surface area contributed by atoms with Gasteiger partial charge in [-0.3, -0.25) is 13.8 Å². The van der Waals surface area contributed by atoms with E-state index >= 15 is 0 Å². The van der Waals surface area contributed by atoms with Gasteiger partial charge in [0.25, 0.3) is 0 Å². The minimum Gasteiger partial charge on any atom is -0.387 e. The van der Waals surface area contributed by atoms with Crippen LogP contribution in [-0.4, -0.2) is 73.4 Å². The minimum absolute atomic E-state index is 0.0618. The summed E-state index contributed by atoms with van der Waals surface area (Å²) in [6, 6.07) is -0.845. The number of hydrogen-bond acceptors (Lipinski definition) is 5. The molecule has 0 bridgehead atoms. The summed E-state index contributed by atoms with van der Waals surface area (Å²) in [6.45, 7) is 4.82. The molecule has 326 valence electrons. The number of amides is 1. The standard InChI is InChI=1S/C46H91N2O6P/c1-6-8-10-12-14-16-18-20-22-23-24-26-28-30-32-34-36-38-40-46(50)47-44(43-54-55(51,52)53-42-41-48(3,4)5)45(49)39-37-35-33-31-29-27-25-21-19-17-15-13-11-9-7-2/h22-23,37,39,44-45,49H,6-21,24-36,38,40-43H2,1-5H3,(H-,47,50,51,52)/p+1/b23-22-,39-37+. The number of aliphatic hydroxyl groups excluding tert-OH is 1. The van der Waals surface area contributed by atoms with Crippen LogP contribution in [0.15, 0.2) is 24.3 Å². The molecule has 9 heteroatoms. The van der Waals surface area contributed by atoms with Gasteiger partial charge in [-0.2, -0.15) is 0 Å². The Morgan fingerprint density at radius 3 is 1.40 bits per heavy atom. The smallest absolute Gasteiger partial charge is 0.387 e. The van der Waals surface area contributed by atoms with Gasteiger partial charge in [0, 0.05) is 6.42 Å². The predicted molar refractivity (Wildman–Crippen MR) is 235 cm³/mol. The van der Waals surface area contributed by atoms with Crippen molar-refractivity contribution in [2.75, 3.05) is 40.9 Å². The van der Waals surface area contributed by atoms with Gasteiger partial charge < -0.3 is 19.8 Å². The van der Waals surface area contributed by atoms with E-state index in [9.17, 15) is 19.4 Å². The molecule has 3 unspecified atom stereocenters. The third kappa shape index (κ3) is 41.0. The summed E-state index contributed by atoms with van der Waals surface area (Å²) in [5.41, 5.74) is 0. The maximum Gasteiger partial charge on any atom is 0.472 e. The molecule has 3 atom stereocenters. The van der Waals surface area contributed by atoms with Crippen molar-refractivity contribution in [3.8, 4) is 0 Å². The highest BCUT2D eigenvalue weighted by atomic mass is 31.2. The van der Waals surface area contributed by atoms with Crippen LogP contribution in [0, 0.1) is 0 Å². The normalized spacial score (nSPS) is 14.5. The van der Waals surface area contributed by atoms with Gasteiger partial charge in [0.05, 0.1) is 39.9 Å². The topological polar surface area (TPSA) is 105 Å². The lowest BCUT2D eigenvalue weighted by molar-refractivity contribution is -0.870. The molecule has 8 nitrogen and oxygen atoms in total. The highest BCUT2D eigenvalue weighted by Crippen LogP contribution is 2.43. The van der Waals surface area contributed by atoms with Crippen LogP contribution in [0.25, 0.3) is 0 Å². The van der Waals surface area contributed by atoms with Crippen molar-refractivity contribution in [1.82, 2.24) is 5.32 Å². The number of phosphoric ester groups is 1. The highest BCUT2D eigenvalue weighted by Gasteiger charge is 2.27. The number of aliphatic hydroxyl groups is 1. The molecule has 0 aromatic rings. The zero-order valence-corrected chi connectivity index (χ0v) is 37.8. The van der Waals surface area contributed by atoms with Crippen LogP contribution in [-0.2, 0) is 18.4 Å². The third-order valence-electron chi connectivity index (χ3n) is 10.4. The second-order valence-electron chi connectivity index (χ2n) is 17.1. The number of rotatable bonds is 42. The molecule has 0 heterocycles. The van der Waals surface area contributed by atoms with Crippen LogP contribution in [0.4, 0.5) is 0 Å². The van der Waals surface area contributed by atoms with Crippen molar-refractivity contribution in [2.24, 2.45) is 0 Å². The molecule has 0 aromatic carbocycles. The summed E-state index contributed by atoms with van der Waals surface area (Å²) in [6.07, 6.45) is 45.2. The lowest BCUT2D eigenvalue weighted by Crippen LogP contribution is -2.45. The highest BCUT2D eigenvalue weighted by molar-refractivity contribution is 7.47. The number of unbranched alkanes of at least 4 members (excludes halogenated alkanes) is 27. The van der Waals surface area contributed by atoms with Gasteiger partial charge in [-0.05, 0) is 44.9 Å². The molecule has 55 heavy (non-hydrogen) atoms. The SMILES string of the molecule is CCCCCCCCC/C=C\CCCCCCCCCC(=O)NC(COP(=O)(O)OCC[N+](C)(C)C)C(O)/C=C/CCCCCCCCCCCCCCC. The first-order valence-corrected chi connectivity index (χ1v) is 24.7. The minimum atomic E-state index is -4.34. The van der Waals surface area contributed by atoms with Gasteiger partial charge in [0.15, 0.2) is 0 Å². The van der Waals surface area contributed by atoms with Crippen molar-refractivity contribution in [1.29, 1.82) is 0 Å². The number of carbonyl (C=O) groups excluding carboxylic acids is 1. The number of carbonyl (C=O) groups is 1. The van der Waals surface area contributed by atoms with Crippen LogP contribution < -0.4 is 5.32 Å². The van der Waals surface area contributed by atoms with Gasteiger partial charge in [-0.25, -0.2) is 4.57 Å². The second-order valence-corrected chi connectivity index (χ2v) is 18.6. The fourth-order valence-electron chi connectivity index (χ4n) is 6.68. The van der Waals surface area contributed by atoms with E-state index in [0.717, 1.165) is 38.5 Å². The fraction of sp³-hybridized carbons (Fsp3) is 0.891. The zero-order chi connectivity index (χ0) is 40.7. The Kier molecular flexibility index (Phi) is 37.8. The van der Waals surface area contributed by atoms with E-state index in [-0.39, 0.29) is 19.1 Å². The molecule has 0 rings (SSSR count). The molecular formula is C46H92N2O6P+. The number of allylic oxidation sites excluding steroid dienone is 3. The van der Waals surface area contributed by atoms with Crippen LogP contribution in [0.3, 0.4) is 0 Å². The Morgan fingerprint density at radius 1 is 0.600 bits per heavy atom. The maximum absolute atomic E-state index is 12.9. The molecule has 0 spiro atoms. The molecule has 0 radical (unpaired) electrons. The maximum atomic E-state index is 12.9. The molecular weight excluding hydrogens is 707 g/mol. The molecule has 0 saturated heterocycles. The summed E-state index contributed by atoms with van der Waals surface area (Å²) < 4.78 is 23.6. The van der Waals surface area contributed by atoms with Gasteiger partial charge in [-0.1, -0.05) is 186 Å². The van der Waals surface area contributed by atoms with E-state index in [1.807, 2.05) is 27.2 Å². The Morgan fingerprint density at radius 2 is 0.982 bits per heavy atom. The first kappa shape index (κ1) is 54.0. The molecule has 0 fully saturated rings. The Balaban J connectivity index is 4.39. The number of nitrogens with one attached hydrogen (secondary N) is 1. The number of nitrogens with zero attached hydrogens (tertiary/aromatic N) is 1. The zero-order valence-electron chi connectivity index (χ0n) is 36.9. The molecule has 1 amide bonds. The monoisotopic (exact) mass is 800 g/mol. The number of likely N-dealkylation sites (N-methyl/N-ethyl adjacent to an activating group) is 1. The Labute approximate surface area is 341 Å². The summed E-state index contributed by atoms with van der Waals surface area (Å²) in [7, 11) is 1.57.